The van der Waals surface area contributed by atoms with Gasteiger partial charge in [0, 0.05) is 6.04 Å². The first-order valence-electron chi connectivity index (χ1n) is 7.61. The zero-order valence-corrected chi connectivity index (χ0v) is 14.7. The Morgan fingerprint density at radius 2 is 1.71 bits per heavy atom. The van der Waals surface area contributed by atoms with Gasteiger partial charge in [0.15, 0.2) is 0 Å². The summed E-state index contributed by atoms with van der Waals surface area (Å²) in [6, 6.07) is 14.8. The molecule has 2 rings (SSSR count). The van der Waals surface area contributed by atoms with Crippen molar-refractivity contribution in [1.82, 2.24) is 4.72 Å². The summed E-state index contributed by atoms with van der Waals surface area (Å²) >= 11 is 0. The maximum atomic E-state index is 12.7. The van der Waals surface area contributed by atoms with Gasteiger partial charge in [-0.1, -0.05) is 50.2 Å². The minimum Gasteiger partial charge on any atom is -0.465 e. The molecule has 0 aliphatic heterocycles. The number of hydrogen-bond acceptors (Lipinski definition) is 4. The highest BCUT2D eigenvalue weighted by molar-refractivity contribution is 7.89. The van der Waals surface area contributed by atoms with Crippen LogP contribution in [0, 0.1) is 5.92 Å². The van der Waals surface area contributed by atoms with E-state index >= 15 is 0 Å². The van der Waals surface area contributed by atoms with Crippen molar-refractivity contribution in [2.24, 2.45) is 5.92 Å². The lowest BCUT2D eigenvalue weighted by Gasteiger charge is -2.23. The van der Waals surface area contributed by atoms with E-state index in [-0.39, 0.29) is 22.4 Å². The van der Waals surface area contributed by atoms with Gasteiger partial charge in [-0.05, 0) is 29.7 Å². The Labute approximate surface area is 142 Å². The topological polar surface area (TPSA) is 72.5 Å². The Morgan fingerprint density at radius 1 is 1.04 bits per heavy atom. The van der Waals surface area contributed by atoms with Crippen LogP contribution in [-0.4, -0.2) is 21.5 Å². The van der Waals surface area contributed by atoms with E-state index in [0.29, 0.717) is 0 Å². The van der Waals surface area contributed by atoms with Crippen LogP contribution < -0.4 is 4.72 Å². The molecule has 0 aliphatic rings. The first-order chi connectivity index (χ1) is 11.3. The Bertz CT molecular complexity index is 801. The van der Waals surface area contributed by atoms with Crippen LogP contribution in [0.2, 0.25) is 0 Å². The second-order valence-corrected chi connectivity index (χ2v) is 7.49. The zero-order valence-electron chi connectivity index (χ0n) is 13.9. The van der Waals surface area contributed by atoms with Crippen LogP contribution in [0.1, 0.15) is 35.8 Å². The van der Waals surface area contributed by atoms with Crippen molar-refractivity contribution in [1.29, 1.82) is 0 Å². The van der Waals surface area contributed by atoms with Crippen molar-refractivity contribution in [3.05, 3.63) is 65.7 Å². The number of ether oxygens (including phenoxy) is 1. The van der Waals surface area contributed by atoms with Gasteiger partial charge in [-0.3, -0.25) is 0 Å². The van der Waals surface area contributed by atoms with Gasteiger partial charge < -0.3 is 4.74 Å². The van der Waals surface area contributed by atoms with Gasteiger partial charge in [-0.15, -0.1) is 0 Å². The predicted octanol–water partition coefficient (Wildman–Crippen LogP) is 3.15. The molecule has 0 amide bonds. The average Bonchev–Trinajstić information content (AvgIpc) is 2.59. The average molecular weight is 347 g/mol. The molecule has 24 heavy (non-hydrogen) atoms. The fourth-order valence-electron chi connectivity index (χ4n) is 2.39. The lowest BCUT2D eigenvalue weighted by atomic mass is 9.97. The van der Waals surface area contributed by atoms with E-state index < -0.39 is 16.0 Å². The van der Waals surface area contributed by atoms with Crippen molar-refractivity contribution in [3.8, 4) is 0 Å². The van der Waals surface area contributed by atoms with E-state index in [1.54, 1.807) is 0 Å². The van der Waals surface area contributed by atoms with E-state index in [9.17, 15) is 13.2 Å². The summed E-state index contributed by atoms with van der Waals surface area (Å²) in [4.78, 5) is 11.6. The molecule has 128 valence electrons. The first kappa shape index (κ1) is 18.2. The Hall–Kier alpha value is -2.18. The van der Waals surface area contributed by atoms with Crippen LogP contribution in [0.5, 0.6) is 0 Å². The number of methoxy groups -OCH3 is 1. The second-order valence-electron chi connectivity index (χ2n) is 5.77. The summed E-state index contributed by atoms with van der Waals surface area (Å²) in [7, 11) is -2.52. The molecule has 1 unspecified atom stereocenters. The van der Waals surface area contributed by atoms with E-state index in [0.717, 1.165) is 5.56 Å². The summed E-state index contributed by atoms with van der Waals surface area (Å²) < 4.78 is 32.8. The van der Waals surface area contributed by atoms with Gasteiger partial charge >= 0.3 is 5.97 Å². The number of nitrogens with one attached hydrogen (secondary N) is 1. The van der Waals surface area contributed by atoms with Crippen molar-refractivity contribution in [2.75, 3.05) is 7.11 Å². The van der Waals surface area contributed by atoms with E-state index in [2.05, 4.69) is 9.46 Å². The number of sulfonamides is 1. The minimum atomic E-state index is -3.77. The van der Waals surface area contributed by atoms with Crippen molar-refractivity contribution in [3.63, 3.8) is 0 Å². The van der Waals surface area contributed by atoms with Crippen LogP contribution in [0.3, 0.4) is 0 Å². The van der Waals surface area contributed by atoms with Crippen LogP contribution in [0.4, 0.5) is 0 Å². The van der Waals surface area contributed by atoms with E-state index in [1.807, 2.05) is 44.2 Å². The quantitative estimate of drug-likeness (QED) is 0.815. The monoisotopic (exact) mass is 347 g/mol. The molecular formula is C18H21NO4S. The Balaban J connectivity index is 2.34. The number of carbonyl (C=O) groups is 1. The highest BCUT2D eigenvalue weighted by atomic mass is 32.2. The van der Waals surface area contributed by atoms with Crippen molar-refractivity contribution in [2.45, 2.75) is 24.8 Å². The zero-order chi connectivity index (χ0) is 17.7. The molecule has 5 nitrogen and oxygen atoms in total. The molecule has 0 radical (unpaired) electrons. The molecule has 2 aromatic carbocycles. The molecule has 0 heterocycles. The minimum absolute atomic E-state index is 0.0342. The smallest absolute Gasteiger partial charge is 0.337 e. The van der Waals surface area contributed by atoms with E-state index in [4.69, 9.17) is 0 Å². The third kappa shape index (κ3) is 4.21. The summed E-state index contributed by atoms with van der Waals surface area (Å²) in [6.45, 7) is 3.90. The summed E-state index contributed by atoms with van der Waals surface area (Å²) in [5, 5.41) is 0. The summed E-state index contributed by atoms with van der Waals surface area (Å²) in [5.74, 6) is -0.513. The number of rotatable bonds is 6. The molecule has 0 saturated heterocycles. The van der Waals surface area contributed by atoms with Crippen molar-refractivity contribution < 1.29 is 17.9 Å². The fraction of sp³-hybridized carbons (Fsp3) is 0.278. The van der Waals surface area contributed by atoms with Crippen LogP contribution in [0.15, 0.2) is 59.5 Å². The maximum absolute atomic E-state index is 12.7. The molecule has 0 saturated carbocycles. The molecule has 0 spiro atoms. The lowest BCUT2D eigenvalue weighted by Crippen LogP contribution is -2.32. The van der Waals surface area contributed by atoms with Crippen molar-refractivity contribution >= 4 is 16.0 Å². The number of esters is 1. The Morgan fingerprint density at radius 3 is 2.29 bits per heavy atom. The van der Waals surface area contributed by atoms with E-state index in [1.165, 1.54) is 31.4 Å². The van der Waals surface area contributed by atoms with Gasteiger partial charge in [-0.25, -0.2) is 17.9 Å². The van der Waals surface area contributed by atoms with Gasteiger partial charge in [0.05, 0.1) is 17.6 Å². The number of benzene rings is 2. The lowest BCUT2D eigenvalue weighted by molar-refractivity contribution is 0.0600. The van der Waals surface area contributed by atoms with Gasteiger partial charge in [-0.2, -0.15) is 0 Å². The summed E-state index contributed by atoms with van der Waals surface area (Å²) in [6.07, 6.45) is 0. The first-order valence-corrected chi connectivity index (χ1v) is 9.09. The molecule has 6 heteroatoms. The van der Waals surface area contributed by atoms with Crippen LogP contribution in [0.25, 0.3) is 0 Å². The largest absolute Gasteiger partial charge is 0.465 e. The molecule has 0 aliphatic carbocycles. The molecule has 0 aromatic heterocycles. The maximum Gasteiger partial charge on any atom is 0.337 e. The van der Waals surface area contributed by atoms with Gasteiger partial charge in [0.2, 0.25) is 10.0 Å². The second kappa shape index (κ2) is 7.59. The highest BCUT2D eigenvalue weighted by Gasteiger charge is 2.24. The normalized spacial score (nSPS) is 12.8. The number of carbonyl (C=O) groups excluding carboxylic acids is 1. The molecule has 0 fully saturated rings. The summed E-state index contributed by atoms with van der Waals surface area (Å²) in [5.41, 5.74) is 1.08. The van der Waals surface area contributed by atoms with Crippen LogP contribution in [-0.2, 0) is 14.8 Å². The fourth-order valence-corrected chi connectivity index (χ4v) is 3.81. The molecular weight excluding hydrogens is 326 g/mol. The van der Waals surface area contributed by atoms with Gasteiger partial charge in [0.1, 0.15) is 0 Å². The molecule has 1 atom stereocenters. The number of hydrogen-bond donors (Lipinski definition) is 1. The highest BCUT2D eigenvalue weighted by Crippen LogP contribution is 2.24. The van der Waals surface area contributed by atoms with Crippen LogP contribution >= 0.6 is 0 Å². The molecule has 2 aromatic rings. The molecule has 1 N–H and O–H groups in total. The molecule has 0 bridgehead atoms. The Kier molecular flexibility index (Phi) is 5.75. The third-order valence-corrected chi connectivity index (χ3v) is 5.11. The predicted molar refractivity (Wildman–Crippen MR) is 92.1 cm³/mol. The third-order valence-electron chi connectivity index (χ3n) is 3.67. The van der Waals surface area contributed by atoms with Gasteiger partial charge in [0.25, 0.3) is 0 Å². The SMILES string of the molecule is COC(=O)c1cccc(S(=O)(=O)NC(c2ccccc2)C(C)C)c1. The standard InChI is InChI=1S/C18H21NO4S/c1-13(2)17(14-8-5-4-6-9-14)19-24(21,22)16-11-7-10-15(12-16)18(20)23-3/h4-13,17,19H,1-3H3.